The zero-order valence-corrected chi connectivity index (χ0v) is 14.1. The van der Waals surface area contributed by atoms with Crippen molar-refractivity contribution < 1.29 is 4.79 Å². The lowest BCUT2D eigenvalue weighted by molar-refractivity contribution is 0.0703. The Morgan fingerprint density at radius 1 is 1.42 bits per heavy atom. The molecule has 0 aromatic carbocycles. The van der Waals surface area contributed by atoms with E-state index in [4.69, 9.17) is 0 Å². The molecule has 0 spiro atoms. The number of unbranched alkanes of at least 4 members (excludes halogenated alkanes) is 1. The quantitative estimate of drug-likeness (QED) is 0.916. The number of rotatable bonds is 5. The Kier molecular flexibility index (Phi) is 5.13. The maximum absolute atomic E-state index is 12.7. The minimum Gasteiger partial charge on any atom is -0.338 e. The Bertz CT molecular complexity index is 729. The molecule has 3 heterocycles. The van der Waals surface area contributed by atoms with Gasteiger partial charge in [0.1, 0.15) is 5.82 Å². The highest BCUT2D eigenvalue weighted by Gasteiger charge is 2.28. The highest BCUT2D eigenvalue weighted by Crippen LogP contribution is 2.27. The zero-order valence-electron chi connectivity index (χ0n) is 14.1. The number of aromatic nitrogens is 3. The summed E-state index contributed by atoms with van der Waals surface area (Å²) in [7, 11) is 0. The van der Waals surface area contributed by atoms with Crippen molar-refractivity contribution in [2.75, 3.05) is 13.1 Å². The van der Waals surface area contributed by atoms with E-state index in [1.54, 1.807) is 6.07 Å². The minimum absolute atomic E-state index is 0.0254. The number of imidazole rings is 1. The molecule has 1 saturated heterocycles. The summed E-state index contributed by atoms with van der Waals surface area (Å²) < 4.78 is 2.22. The van der Waals surface area contributed by atoms with Crippen LogP contribution < -0.4 is 5.56 Å². The molecule has 1 fully saturated rings. The number of likely N-dealkylation sites (tertiary alicyclic amines) is 1. The number of pyridine rings is 1. The molecule has 2 aromatic heterocycles. The number of aryl methyl sites for hydroxylation is 1. The summed E-state index contributed by atoms with van der Waals surface area (Å²) in [5, 5.41) is 0. The molecular weight excluding hydrogens is 304 g/mol. The Hall–Kier alpha value is -2.37. The molecule has 1 N–H and O–H groups in total. The average molecular weight is 328 g/mol. The van der Waals surface area contributed by atoms with Crippen LogP contribution in [0, 0.1) is 0 Å². The van der Waals surface area contributed by atoms with Gasteiger partial charge in [-0.15, -0.1) is 0 Å². The number of nitrogens with one attached hydrogen (secondary N) is 1. The highest BCUT2D eigenvalue weighted by atomic mass is 16.2. The average Bonchev–Trinajstić information content (AvgIpc) is 3.08. The second kappa shape index (κ2) is 7.47. The first kappa shape index (κ1) is 16.5. The third-order valence-electron chi connectivity index (χ3n) is 4.61. The van der Waals surface area contributed by atoms with Gasteiger partial charge in [0, 0.05) is 50.2 Å². The Balaban J connectivity index is 1.72. The fourth-order valence-corrected chi connectivity index (χ4v) is 3.30. The molecule has 0 saturated carbocycles. The molecular formula is C18H24N4O2. The van der Waals surface area contributed by atoms with Crippen LogP contribution in [-0.4, -0.2) is 38.4 Å². The molecule has 128 valence electrons. The Morgan fingerprint density at radius 2 is 2.29 bits per heavy atom. The minimum atomic E-state index is -0.193. The fraction of sp³-hybridized carbons (Fsp3) is 0.500. The third-order valence-corrected chi connectivity index (χ3v) is 4.61. The molecule has 0 aliphatic carbocycles. The number of carbonyl (C=O) groups is 1. The van der Waals surface area contributed by atoms with E-state index >= 15 is 0 Å². The number of aromatic amines is 1. The number of H-pyrrole nitrogens is 1. The van der Waals surface area contributed by atoms with E-state index in [-0.39, 0.29) is 17.4 Å². The van der Waals surface area contributed by atoms with Gasteiger partial charge in [-0.25, -0.2) is 4.98 Å². The molecule has 1 amide bonds. The Labute approximate surface area is 141 Å². The van der Waals surface area contributed by atoms with Crippen LogP contribution in [0.3, 0.4) is 0 Å². The van der Waals surface area contributed by atoms with Crippen LogP contribution in [-0.2, 0) is 6.54 Å². The molecule has 1 aliphatic heterocycles. The molecule has 6 nitrogen and oxygen atoms in total. The molecule has 24 heavy (non-hydrogen) atoms. The van der Waals surface area contributed by atoms with Gasteiger partial charge < -0.3 is 14.5 Å². The predicted octanol–water partition coefficient (Wildman–Crippen LogP) is 2.39. The summed E-state index contributed by atoms with van der Waals surface area (Å²) in [4.78, 5) is 32.8. The number of hydrogen-bond acceptors (Lipinski definition) is 3. The van der Waals surface area contributed by atoms with Gasteiger partial charge in [-0.05, 0) is 25.3 Å². The van der Waals surface area contributed by atoms with E-state index in [1.807, 2.05) is 17.3 Å². The van der Waals surface area contributed by atoms with E-state index in [9.17, 15) is 9.59 Å². The molecule has 1 atom stereocenters. The van der Waals surface area contributed by atoms with E-state index in [1.165, 1.54) is 12.3 Å². The van der Waals surface area contributed by atoms with Gasteiger partial charge in [-0.2, -0.15) is 0 Å². The van der Waals surface area contributed by atoms with Crippen LogP contribution in [0.2, 0.25) is 0 Å². The normalized spacial score (nSPS) is 17.9. The van der Waals surface area contributed by atoms with Gasteiger partial charge in [-0.1, -0.05) is 13.3 Å². The van der Waals surface area contributed by atoms with Crippen molar-refractivity contribution in [3.8, 4) is 0 Å². The van der Waals surface area contributed by atoms with Crippen LogP contribution >= 0.6 is 0 Å². The van der Waals surface area contributed by atoms with Gasteiger partial charge >= 0.3 is 0 Å². The van der Waals surface area contributed by atoms with Gasteiger partial charge in [0.05, 0.1) is 5.56 Å². The largest absolute Gasteiger partial charge is 0.338 e. The van der Waals surface area contributed by atoms with E-state index in [0.29, 0.717) is 12.1 Å². The second-order valence-corrected chi connectivity index (χ2v) is 6.36. The van der Waals surface area contributed by atoms with E-state index in [0.717, 1.165) is 44.6 Å². The maximum Gasteiger partial charge on any atom is 0.255 e. The summed E-state index contributed by atoms with van der Waals surface area (Å²) in [6.07, 6.45) is 9.70. The van der Waals surface area contributed by atoms with Crippen LogP contribution in [0.15, 0.2) is 35.5 Å². The second-order valence-electron chi connectivity index (χ2n) is 6.36. The molecule has 0 unspecified atom stereocenters. The number of nitrogens with zero attached hydrogens (tertiary/aromatic N) is 3. The van der Waals surface area contributed by atoms with Crippen LogP contribution in [0.4, 0.5) is 0 Å². The van der Waals surface area contributed by atoms with Crippen LogP contribution in [0.25, 0.3) is 0 Å². The van der Waals surface area contributed by atoms with Crippen molar-refractivity contribution in [3.05, 3.63) is 52.5 Å². The molecule has 1 aliphatic rings. The lowest BCUT2D eigenvalue weighted by Crippen LogP contribution is -2.40. The number of amides is 1. The summed E-state index contributed by atoms with van der Waals surface area (Å²) >= 11 is 0. The zero-order chi connectivity index (χ0) is 16.9. The lowest BCUT2D eigenvalue weighted by Gasteiger charge is -2.32. The first-order valence-corrected chi connectivity index (χ1v) is 8.68. The maximum atomic E-state index is 12.7. The molecule has 0 bridgehead atoms. The van der Waals surface area contributed by atoms with E-state index < -0.39 is 0 Å². The van der Waals surface area contributed by atoms with Crippen LogP contribution in [0.5, 0.6) is 0 Å². The van der Waals surface area contributed by atoms with Gasteiger partial charge in [0.25, 0.3) is 5.91 Å². The smallest absolute Gasteiger partial charge is 0.255 e. The lowest BCUT2D eigenvalue weighted by atomic mass is 9.96. The van der Waals surface area contributed by atoms with E-state index in [2.05, 4.69) is 21.5 Å². The van der Waals surface area contributed by atoms with Gasteiger partial charge in [0.15, 0.2) is 0 Å². The van der Waals surface area contributed by atoms with Crippen molar-refractivity contribution in [1.29, 1.82) is 0 Å². The van der Waals surface area contributed by atoms with Crippen molar-refractivity contribution in [1.82, 2.24) is 19.4 Å². The van der Waals surface area contributed by atoms with Crippen molar-refractivity contribution in [3.63, 3.8) is 0 Å². The topological polar surface area (TPSA) is 71.0 Å². The SMILES string of the molecule is CCCCn1ccnc1[C@H]1CCCN(C(=O)c2ccc(=O)[nH]c2)C1. The first-order valence-electron chi connectivity index (χ1n) is 8.68. The number of piperidine rings is 1. The first-order chi connectivity index (χ1) is 11.7. The Morgan fingerprint density at radius 3 is 3.04 bits per heavy atom. The van der Waals surface area contributed by atoms with Crippen molar-refractivity contribution >= 4 is 5.91 Å². The summed E-state index contributed by atoms with van der Waals surface area (Å²) in [5.41, 5.74) is 0.339. The third kappa shape index (κ3) is 3.58. The van der Waals surface area contributed by atoms with Gasteiger partial charge in [-0.3, -0.25) is 9.59 Å². The molecule has 6 heteroatoms. The number of hydrogen-bond donors (Lipinski definition) is 1. The molecule has 3 rings (SSSR count). The molecule has 0 radical (unpaired) electrons. The van der Waals surface area contributed by atoms with Gasteiger partial charge in [0.2, 0.25) is 5.56 Å². The van der Waals surface area contributed by atoms with Crippen molar-refractivity contribution in [2.24, 2.45) is 0 Å². The molecule has 2 aromatic rings. The van der Waals surface area contributed by atoms with Crippen molar-refractivity contribution in [2.45, 2.75) is 45.1 Å². The monoisotopic (exact) mass is 328 g/mol. The summed E-state index contributed by atoms with van der Waals surface area (Å²) in [5.74, 6) is 1.34. The number of carbonyl (C=O) groups excluding carboxylic acids is 1. The van der Waals surface area contributed by atoms with Crippen LogP contribution in [0.1, 0.15) is 54.7 Å². The summed E-state index contributed by atoms with van der Waals surface area (Å²) in [6, 6.07) is 2.99. The fourth-order valence-electron chi connectivity index (χ4n) is 3.30. The standard InChI is InChI=1S/C18H24N4O2/c1-2-3-9-21-11-8-19-17(21)15-5-4-10-22(13-15)18(24)14-6-7-16(23)20-12-14/h6-8,11-12,15H,2-5,9-10,13H2,1H3,(H,20,23)/t15-/m0/s1. The highest BCUT2D eigenvalue weighted by molar-refractivity contribution is 5.93. The summed E-state index contributed by atoms with van der Waals surface area (Å²) in [6.45, 7) is 4.60. The predicted molar refractivity (Wildman–Crippen MR) is 92.1 cm³/mol.